The van der Waals surface area contributed by atoms with Gasteiger partial charge in [0.25, 0.3) is 0 Å². The van der Waals surface area contributed by atoms with E-state index in [4.69, 9.17) is 0.594 Å². The summed E-state index contributed by atoms with van der Waals surface area (Å²) in [6.07, 6.45) is 0. The zero-order chi connectivity index (χ0) is 8.97. The Morgan fingerprint density at radius 2 is 2.00 bits per heavy atom. The zero-order valence-corrected chi connectivity index (χ0v) is 14.2. The van der Waals surface area contributed by atoms with Gasteiger partial charge in [0.05, 0.1) is 0 Å². The molecule has 0 aromatic heterocycles. The predicted molar refractivity (Wildman–Crippen MR) is 87.6 cm³/mol. The average Bonchev–Trinajstić information content (AvgIpc) is 2.06. The van der Waals surface area contributed by atoms with Crippen molar-refractivity contribution in [1.82, 2.24) is 0 Å². The van der Waals surface area contributed by atoms with Gasteiger partial charge in [-0.1, -0.05) is 0 Å². The van der Waals surface area contributed by atoms with E-state index in [0.717, 1.165) is 4.43 Å². The van der Waals surface area contributed by atoms with E-state index in [1.807, 2.05) is 6.07 Å². The Labute approximate surface area is 101 Å². The van der Waals surface area contributed by atoms with Crippen molar-refractivity contribution in [1.29, 1.82) is 0.594 Å². The van der Waals surface area contributed by atoms with Crippen molar-refractivity contribution in [3.63, 3.8) is 0 Å². The predicted octanol–water partition coefficient (Wildman–Crippen LogP) is 5.01. The first-order valence-electron chi connectivity index (χ1n) is 3.34. The van der Waals surface area contributed by atoms with Crippen LogP contribution in [0.2, 0.25) is 0 Å². The SMILES string of the molecule is [3H]I(Cc1ccccc1)I(I)I. The molecule has 0 fully saturated rings. The third-order valence-corrected chi connectivity index (χ3v) is 27.2. The van der Waals surface area contributed by atoms with Crippen LogP contribution in [0.5, 0.6) is 0 Å². The normalized spacial score (nSPS) is 13.8. The van der Waals surface area contributed by atoms with Crippen LogP contribution in [0.1, 0.15) is 5.56 Å². The number of benzene rings is 1. The van der Waals surface area contributed by atoms with E-state index in [1.165, 1.54) is 5.56 Å². The Kier molecular flexibility index (Phi) is 5.79. The summed E-state index contributed by atoms with van der Waals surface area (Å²) in [4.78, 5) is 0. The number of halogens is 4. The molecule has 0 unspecified atom stereocenters. The number of rotatable bonds is 3. The average molecular weight is 602 g/mol. The van der Waals surface area contributed by atoms with Gasteiger partial charge in [-0.2, -0.15) is 0 Å². The second kappa shape index (κ2) is 6.57. The molecule has 0 heterocycles. The van der Waals surface area contributed by atoms with Gasteiger partial charge < -0.3 is 0 Å². The van der Waals surface area contributed by atoms with E-state index < -0.39 is 24.9 Å². The van der Waals surface area contributed by atoms with Crippen LogP contribution in [0.25, 0.3) is 0 Å². The van der Waals surface area contributed by atoms with Crippen LogP contribution in [0, 0.1) is 0 Å². The van der Waals surface area contributed by atoms with E-state index >= 15 is 0 Å². The van der Waals surface area contributed by atoms with E-state index in [1.54, 1.807) is 0 Å². The second-order valence-electron chi connectivity index (χ2n) is 1.88. The Hall–Kier alpha value is 2.14. The van der Waals surface area contributed by atoms with Gasteiger partial charge in [-0.15, -0.1) is 0 Å². The molecule has 0 spiro atoms. The molecule has 0 nitrogen and oxygen atoms in total. The summed E-state index contributed by atoms with van der Waals surface area (Å²) in [6.45, 7) is 0. The Morgan fingerprint density at radius 3 is 2.55 bits per heavy atom. The van der Waals surface area contributed by atoms with Gasteiger partial charge in [0.15, 0.2) is 0 Å². The van der Waals surface area contributed by atoms with Crippen LogP contribution < -0.4 is 0 Å². The fourth-order valence-corrected chi connectivity index (χ4v) is 15.2. The summed E-state index contributed by atoms with van der Waals surface area (Å²) in [6, 6.07) is 10.5. The third-order valence-electron chi connectivity index (χ3n) is 1.12. The van der Waals surface area contributed by atoms with Crippen LogP contribution >= 0.6 is 62.2 Å². The fraction of sp³-hybridized carbons (Fsp3) is 0.143. The first-order valence-corrected chi connectivity index (χ1v) is 23.3. The van der Waals surface area contributed by atoms with Gasteiger partial charge in [-0.3, -0.25) is 0 Å². The number of hydrogen-bond donors (Lipinski definition) is 0. The summed E-state index contributed by atoms with van der Waals surface area (Å²) in [5.41, 5.74) is 1.37. The van der Waals surface area contributed by atoms with E-state index in [-0.39, 0.29) is 0 Å². The molecule has 0 aliphatic carbocycles. The molecule has 0 atom stereocenters. The van der Waals surface area contributed by atoms with Gasteiger partial charge in [0.1, 0.15) is 0 Å². The van der Waals surface area contributed by atoms with Crippen molar-refractivity contribution < 1.29 is 0 Å². The maximum atomic E-state index is 7.98. The van der Waals surface area contributed by atoms with Crippen molar-refractivity contribution in [2.24, 2.45) is 0 Å². The van der Waals surface area contributed by atoms with Crippen molar-refractivity contribution in [2.45, 2.75) is 4.43 Å². The molecule has 1 aromatic carbocycles. The van der Waals surface area contributed by atoms with Gasteiger partial charge in [-0.25, -0.2) is 0 Å². The topological polar surface area (TPSA) is 0 Å². The quantitative estimate of drug-likeness (QED) is 0.338. The summed E-state index contributed by atoms with van der Waals surface area (Å²) in [5, 5.41) is 0. The molecule has 0 saturated heterocycles. The van der Waals surface area contributed by atoms with Gasteiger partial charge in [0.2, 0.25) is 0 Å². The van der Waals surface area contributed by atoms with Crippen molar-refractivity contribution in [2.75, 3.05) is 0 Å². The molecule has 0 bridgehead atoms. The van der Waals surface area contributed by atoms with Crippen LogP contribution in [0.4, 0.5) is 0 Å². The standard InChI is InChI=1S/C7H8I4/c8-11(9)10-6-7-4-2-1-3-5-7/h1-5,10H,6H2/i10T. The molecule has 0 radical (unpaired) electrons. The number of alkyl halides is 1. The van der Waals surface area contributed by atoms with Crippen LogP contribution in [0.15, 0.2) is 30.3 Å². The Morgan fingerprint density at radius 1 is 1.36 bits per heavy atom. The van der Waals surface area contributed by atoms with E-state index in [2.05, 4.69) is 61.5 Å². The number of hydrogen-bond acceptors (Lipinski definition) is 0. The van der Waals surface area contributed by atoms with Crippen molar-refractivity contribution in [3.05, 3.63) is 35.9 Å². The summed E-state index contributed by atoms with van der Waals surface area (Å²) in [5.74, 6) is 0. The van der Waals surface area contributed by atoms with Gasteiger partial charge in [-0.05, 0) is 0 Å². The maximum absolute atomic E-state index is 7.98. The zero-order valence-electron chi connectivity index (χ0n) is 6.61. The molecule has 0 amide bonds. The third kappa shape index (κ3) is 5.45. The molecule has 1 aromatic rings. The van der Waals surface area contributed by atoms with Crippen molar-refractivity contribution in [3.8, 4) is 0 Å². The van der Waals surface area contributed by atoms with Gasteiger partial charge >= 0.3 is 103 Å². The van der Waals surface area contributed by atoms with Gasteiger partial charge in [0, 0.05) is 0 Å². The molecule has 0 saturated carbocycles. The molecular weight excluding hydrogens is 592 g/mol. The monoisotopic (exact) mass is 602 g/mol. The van der Waals surface area contributed by atoms with E-state index in [0.29, 0.717) is 0 Å². The fourth-order valence-electron chi connectivity index (χ4n) is 0.664. The first-order chi connectivity index (χ1) is 5.70. The summed E-state index contributed by atoms with van der Waals surface area (Å²) in [7, 11) is -0.827. The molecule has 0 N–H and O–H groups in total. The van der Waals surface area contributed by atoms with Crippen LogP contribution in [0.3, 0.4) is 0 Å². The minimum absolute atomic E-state index is 0.827. The summed E-state index contributed by atoms with van der Waals surface area (Å²) >= 11 is 3.75. The molecule has 0 aliphatic rings. The molecule has 64 valence electrons. The molecule has 0 aliphatic heterocycles. The second-order valence-corrected chi connectivity index (χ2v) is 55.8. The Bertz CT molecular complexity index is 226. The van der Waals surface area contributed by atoms with E-state index in [9.17, 15) is 0 Å². The molecule has 4 heteroatoms. The molecule has 11 heavy (non-hydrogen) atoms. The van der Waals surface area contributed by atoms with Crippen LogP contribution in [-0.2, 0) is 4.43 Å². The summed E-state index contributed by atoms with van der Waals surface area (Å²) < 4.78 is 9.06. The molecular formula is C7H8I4. The minimum atomic E-state index is -1.29. The molecule has 1 rings (SSSR count). The van der Waals surface area contributed by atoms with Crippen molar-refractivity contribution >= 4 is 62.2 Å². The van der Waals surface area contributed by atoms with Crippen LogP contribution in [-0.4, -0.2) is 0.594 Å². The Balaban J connectivity index is 2.53. The first kappa shape index (κ1) is 9.69.